The number of aryl methyl sites for hydroxylation is 1. The third kappa shape index (κ3) is 2.52. The summed E-state index contributed by atoms with van der Waals surface area (Å²) in [6.07, 6.45) is 0.619. The van der Waals surface area contributed by atoms with Crippen molar-refractivity contribution in [3.8, 4) is 0 Å². The molecule has 1 aromatic carbocycles. The highest BCUT2D eigenvalue weighted by molar-refractivity contribution is 7.84. The second kappa shape index (κ2) is 5.07. The first kappa shape index (κ1) is 11.1. The van der Waals surface area contributed by atoms with Gasteiger partial charge >= 0.3 is 0 Å². The van der Waals surface area contributed by atoms with Crippen LogP contribution in [0.4, 0.5) is 10.1 Å². The average molecular weight is 216 g/mol. The summed E-state index contributed by atoms with van der Waals surface area (Å²) in [5, 5.41) is 0. The number of benzene rings is 1. The molecule has 1 rings (SSSR count). The van der Waals surface area contributed by atoms with Gasteiger partial charge in [-0.05, 0) is 25.1 Å². The molecule has 0 aromatic heterocycles. The van der Waals surface area contributed by atoms with E-state index >= 15 is 0 Å². The molecule has 0 bridgehead atoms. The Kier molecular flexibility index (Phi) is 4.03. The number of rotatable bonds is 4. The fourth-order valence-electron chi connectivity index (χ4n) is 1.08. The number of hydrogen-bond donors (Lipinski definition) is 2. The topological polar surface area (TPSA) is 41.1 Å². The van der Waals surface area contributed by atoms with Gasteiger partial charge in [0.25, 0.3) is 0 Å². The normalized spacial score (nSPS) is 12.5. The van der Waals surface area contributed by atoms with Gasteiger partial charge in [-0.3, -0.25) is 4.72 Å². The molecule has 0 amide bonds. The minimum Gasteiger partial charge on any atom is -0.289 e. The van der Waals surface area contributed by atoms with E-state index in [1.54, 1.807) is 18.2 Å². The largest absolute Gasteiger partial charge is 0.289 e. The van der Waals surface area contributed by atoms with Crippen molar-refractivity contribution >= 4 is 16.9 Å². The van der Waals surface area contributed by atoms with E-state index in [0.717, 1.165) is 0 Å². The van der Waals surface area contributed by atoms with Crippen molar-refractivity contribution in [3.05, 3.63) is 29.6 Å². The molecule has 0 heterocycles. The summed E-state index contributed by atoms with van der Waals surface area (Å²) in [6, 6.07) is 5.00. The highest BCUT2D eigenvalue weighted by atomic mass is 32.2. The molecule has 0 fully saturated rings. The van der Waals surface area contributed by atoms with Crippen molar-refractivity contribution in [2.24, 2.45) is 0 Å². The molecule has 2 N–H and O–H groups in total. The van der Waals surface area contributed by atoms with Crippen LogP contribution in [0.25, 0.3) is 0 Å². The molecule has 5 heteroatoms. The summed E-state index contributed by atoms with van der Waals surface area (Å²) in [4.78, 5) is 0. The first-order valence-electron chi connectivity index (χ1n) is 4.32. The van der Waals surface area contributed by atoms with Gasteiger partial charge in [0.05, 0.1) is 5.69 Å². The third-order valence-corrected chi connectivity index (χ3v) is 2.62. The van der Waals surface area contributed by atoms with Crippen molar-refractivity contribution in [1.82, 2.24) is 4.72 Å². The predicted molar refractivity (Wildman–Crippen MR) is 56.6 cm³/mol. The lowest BCUT2D eigenvalue weighted by Crippen LogP contribution is -2.19. The van der Waals surface area contributed by atoms with Crippen LogP contribution in [0.15, 0.2) is 18.2 Å². The molecule has 0 radical (unpaired) electrons. The quantitative estimate of drug-likeness (QED) is 0.788. The van der Waals surface area contributed by atoms with Crippen LogP contribution < -0.4 is 9.44 Å². The maximum Gasteiger partial charge on any atom is 0.193 e. The Bertz CT molecular complexity index is 344. The number of hydrogen-bond acceptors (Lipinski definition) is 1. The highest BCUT2D eigenvalue weighted by Gasteiger charge is 2.07. The maximum atomic E-state index is 13.5. The molecule has 0 aliphatic heterocycles. The lowest BCUT2D eigenvalue weighted by Gasteiger charge is -2.08. The van der Waals surface area contributed by atoms with Crippen LogP contribution in [0.5, 0.6) is 0 Å². The van der Waals surface area contributed by atoms with Crippen LogP contribution in [0, 0.1) is 5.82 Å². The van der Waals surface area contributed by atoms with Crippen LogP contribution in [-0.4, -0.2) is 11.3 Å². The van der Waals surface area contributed by atoms with E-state index in [0.29, 0.717) is 12.0 Å². The van der Waals surface area contributed by atoms with Crippen molar-refractivity contribution in [2.75, 3.05) is 11.8 Å². The number of halogens is 1. The van der Waals surface area contributed by atoms with Crippen LogP contribution in [0.3, 0.4) is 0 Å². The minimum atomic E-state index is -1.44. The van der Waals surface area contributed by atoms with Gasteiger partial charge in [-0.2, -0.15) is 0 Å². The Morgan fingerprint density at radius 2 is 2.21 bits per heavy atom. The first-order valence-corrected chi connectivity index (χ1v) is 5.47. The zero-order valence-electron chi connectivity index (χ0n) is 8.13. The van der Waals surface area contributed by atoms with Gasteiger partial charge in [-0.1, -0.05) is 19.1 Å². The fourth-order valence-corrected chi connectivity index (χ4v) is 1.54. The highest BCUT2D eigenvalue weighted by Crippen LogP contribution is 2.18. The van der Waals surface area contributed by atoms with Crippen LogP contribution in [-0.2, 0) is 17.6 Å². The molecule has 78 valence electrons. The Hall–Kier alpha value is -0.940. The number of anilines is 1. The van der Waals surface area contributed by atoms with Crippen LogP contribution in [0.1, 0.15) is 12.5 Å². The Labute approximate surface area is 85.4 Å². The SMILES string of the molecule is CCc1cccc(NS(=O)NC)c1F. The molecule has 0 aliphatic carbocycles. The summed E-state index contributed by atoms with van der Waals surface area (Å²) < 4.78 is 29.6. The minimum absolute atomic E-state index is 0.261. The van der Waals surface area contributed by atoms with Gasteiger partial charge < -0.3 is 0 Å². The van der Waals surface area contributed by atoms with E-state index in [9.17, 15) is 8.60 Å². The second-order valence-electron chi connectivity index (χ2n) is 2.71. The molecule has 0 saturated carbocycles. The number of nitrogens with one attached hydrogen (secondary N) is 2. The van der Waals surface area contributed by atoms with E-state index in [-0.39, 0.29) is 11.5 Å². The molecule has 0 aliphatic rings. The molecule has 1 unspecified atom stereocenters. The van der Waals surface area contributed by atoms with Gasteiger partial charge in [0.15, 0.2) is 11.2 Å². The Morgan fingerprint density at radius 3 is 2.79 bits per heavy atom. The molecular weight excluding hydrogens is 203 g/mol. The van der Waals surface area contributed by atoms with Crippen molar-refractivity contribution in [3.63, 3.8) is 0 Å². The molecular formula is C9H13FN2OS. The lowest BCUT2D eigenvalue weighted by atomic mass is 10.1. The first-order chi connectivity index (χ1) is 6.69. The Morgan fingerprint density at radius 1 is 1.50 bits per heavy atom. The zero-order valence-corrected chi connectivity index (χ0v) is 8.95. The summed E-state index contributed by atoms with van der Waals surface area (Å²) in [6.45, 7) is 1.87. The molecule has 3 nitrogen and oxygen atoms in total. The van der Waals surface area contributed by atoms with E-state index in [1.165, 1.54) is 7.05 Å². The monoisotopic (exact) mass is 216 g/mol. The van der Waals surface area contributed by atoms with Gasteiger partial charge in [-0.25, -0.2) is 13.3 Å². The standard InChI is InChI=1S/C9H13FN2OS/c1-3-7-5-4-6-8(9(7)10)12-14(13)11-2/h4-6,11-12H,3H2,1-2H3. The smallest absolute Gasteiger partial charge is 0.193 e. The molecule has 1 atom stereocenters. The van der Waals surface area contributed by atoms with Crippen LogP contribution in [0.2, 0.25) is 0 Å². The zero-order chi connectivity index (χ0) is 10.6. The van der Waals surface area contributed by atoms with Crippen LogP contribution >= 0.6 is 0 Å². The van der Waals surface area contributed by atoms with E-state index in [4.69, 9.17) is 0 Å². The van der Waals surface area contributed by atoms with Gasteiger partial charge in [0.1, 0.15) is 5.82 Å². The predicted octanol–water partition coefficient (Wildman–Crippen LogP) is 1.60. The fraction of sp³-hybridized carbons (Fsp3) is 0.333. The van der Waals surface area contributed by atoms with Gasteiger partial charge in [-0.15, -0.1) is 0 Å². The van der Waals surface area contributed by atoms with Gasteiger partial charge in [0.2, 0.25) is 0 Å². The summed E-state index contributed by atoms with van der Waals surface area (Å²) in [7, 11) is 1.53. The van der Waals surface area contributed by atoms with E-state index < -0.39 is 11.2 Å². The van der Waals surface area contributed by atoms with Crippen molar-refractivity contribution < 1.29 is 8.60 Å². The van der Waals surface area contributed by atoms with Gasteiger partial charge in [0, 0.05) is 0 Å². The summed E-state index contributed by atoms with van der Waals surface area (Å²) >= 11 is -1.44. The van der Waals surface area contributed by atoms with E-state index in [2.05, 4.69) is 9.44 Å². The van der Waals surface area contributed by atoms with E-state index in [1.807, 2.05) is 6.92 Å². The molecule has 14 heavy (non-hydrogen) atoms. The summed E-state index contributed by atoms with van der Waals surface area (Å²) in [5.74, 6) is -0.335. The average Bonchev–Trinajstić information content (AvgIpc) is 2.21. The third-order valence-electron chi connectivity index (χ3n) is 1.85. The Balaban J connectivity index is 2.92. The van der Waals surface area contributed by atoms with Crippen molar-refractivity contribution in [2.45, 2.75) is 13.3 Å². The summed E-state index contributed by atoms with van der Waals surface area (Å²) in [5.41, 5.74) is 0.875. The second-order valence-corrected chi connectivity index (χ2v) is 3.86. The molecule has 0 spiro atoms. The lowest BCUT2D eigenvalue weighted by molar-refractivity contribution is 0.616. The van der Waals surface area contributed by atoms with Crippen molar-refractivity contribution in [1.29, 1.82) is 0 Å². The molecule has 0 saturated heterocycles. The maximum absolute atomic E-state index is 13.5. The molecule has 1 aromatic rings.